The molecule has 0 amide bonds. The van der Waals surface area contributed by atoms with Gasteiger partial charge in [0.15, 0.2) is 0 Å². The highest BCUT2D eigenvalue weighted by molar-refractivity contribution is 9.10. The van der Waals surface area contributed by atoms with Crippen molar-refractivity contribution in [3.05, 3.63) is 32.7 Å². The van der Waals surface area contributed by atoms with Gasteiger partial charge in [0.05, 0.1) is 16.4 Å². The van der Waals surface area contributed by atoms with Crippen molar-refractivity contribution in [3.63, 3.8) is 0 Å². The van der Waals surface area contributed by atoms with Gasteiger partial charge in [-0.1, -0.05) is 48.0 Å². The number of H-pyrrole nitrogens is 2. The minimum absolute atomic E-state index is 0.00437. The topological polar surface area (TPSA) is 48.6 Å². The molecule has 1 aromatic carbocycles. The molecule has 1 heterocycles. The SMILES string of the molecule is O=c1[nH]c2cc(Br)c(C(Cl)CC3CCCCC3)cc2[nH]1. The first-order valence-electron chi connectivity index (χ1n) is 7.19. The molecule has 1 fully saturated rings. The lowest BCUT2D eigenvalue weighted by Gasteiger charge is -2.24. The summed E-state index contributed by atoms with van der Waals surface area (Å²) in [6.45, 7) is 0. The van der Waals surface area contributed by atoms with Crippen molar-refractivity contribution in [3.8, 4) is 0 Å². The Kier molecular flexibility index (Phi) is 4.22. The van der Waals surface area contributed by atoms with Gasteiger partial charge in [-0.2, -0.15) is 0 Å². The first kappa shape index (κ1) is 14.2. The van der Waals surface area contributed by atoms with Crippen LogP contribution < -0.4 is 5.69 Å². The van der Waals surface area contributed by atoms with E-state index in [9.17, 15) is 4.79 Å². The van der Waals surface area contributed by atoms with Crippen molar-refractivity contribution in [1.29, 1.82) is 0 Å². The van der Waals surface area contributed by atoms with E-state index in [2.05, 4.69) is 25.9 Å². The number of hydrogen-bond donors (Lipinski definition) is 2. The number of benzene rings is 1. The van der Waals surface area contributed by atoms with E-state index < -0.39 is 0 Å². The summed E-state index contributed by atoms with van der Waals surface area (Å²) in [5, 5.41) is -0.00437. The lowest BCUT2D eigenvalue weighted by atomic mass is 9.85. The third-order valence-electron chi connectivity index (χ3n) is 4.24. The van der Waals surface area contributed by atoms with E-state index in [1.807, 2.05) is 12.1 Å². The average molecular weight is 358 g/mol. The smallest absolute Gasteiger partial charge is 0.306 e. The van der Waals surface area contributed by atoms with Gasteiger partial charge in [-0.15, -0.1) is 11.6 Å². The van der Waals surface area contributed by atoms with E-state index in [-0.39, 0.29) is 11.1 Å². The quantitative estimate of drug-likeness (QED) is 0.756. The lowest BCUT2D eigenvalue weighted by molar-refractivity contribution is 0.336. The van der Waals surface area contributed by atoms with Crippen LogP contribution in [0.2, 0.25) is 0 Å². The number of hydrogen-bond acceptors (Lipinski definition) is 1. The standard InChI is InChI=1S/C15H18BrClN2O/c16-11-8-14-13(18-15(20)19-14)7-10(11)12(17)6-9-4-2-1-3-5-9/h7-9,12H,1-6H2,(H2,18,19,20). The third kappa shape index (κ3) is 2.96. The van der Waals surface area contributed by atoms with Crippen LogP contribution in [-0.4, -0.2) is 9.97 Å². The zero-order chi connectivity index (χ0) is 14.1. The molecule has 1 atom stereocenters. The summed E-state index contributed by atoms with van der Waals surface area (Å²) in [6, 6.07) is 3.91. The van der Waals surface area contributed by atoms with Crippen LogP contribution in [0, 0.1) is 5.92 Å². The van der Waals surface area contributed by atoms with Crippen LogP contribution in [0.5, 0.6) is 0 Å². The van der Waals surface area contributed by atoms with Crippen LogP contribution in [0.1, 0.15) is 49.5 Å². The van der Waals surface area contributed by atoms with Gasteiger partial charge in [0.1, 0.15) is 0 Å². The Morgan fingerprint density at radius 3 is 2.55 bits per heavy atom. The number of nitrogens with one attached hydrogen (secondary N) is 2. The molecular weight excluding hydrogens is 340 g/mol. The Labute approximate surface area is 131 Å². The van der Waals surface area contributed by atoms with Crippen molar-refractivity contribution in [2.45, 2.75) is 43.9 Å². The number of rotatable bonds is 3. The summed E-state index contributed by atoms with van der Waals surface area (Å²) in [4.78, 5) is 16.9. The summed E-state index contributed by atoms with van der Waals surface area (Å²) in [7, 11) is 0. The lowest BCUT2D eigenvalue weighted by Crippen LogP contribution is -2.09. The third-order valence-corrected chi connectivity index (χ3v) is 5.34. The zero-order valence-electron chi connectivity index (χ0n) is 11.2. The molecule has 1 aromatic heterocycles. The molecule has 0 saturated heterocycles. The van der Waals surface area contributed by atoms with Crippen LogP contribution in [0.4, 0.5) is 0 Å². The van der Waals surface area contributed by atoms with Crippen LogP contribution in [-0.2, 0) is 0 Å². The van der Waals surface area contributed by atoms with Gasteiger partial charge in [0.25, 0.3) is 0 Å². The molecule has 1 aliphatic rings. The van der Waals surface area contributed by atoms with Crippen molar-refractivity contribution < 1.29 is 0 Å². The summed E-state index contributed by atoms with van der Waals surface area (Å²) in [5.41, 5.74) is 2.53. The van der Waals surface area contributed by atoms with Crippen LogP contribution in [0.3, 0.4) is 0 Å². The van der Waals surface area contributed by atoms with E-state index in [1.54, 1.807) is 0 Å². The fourth-order valence-corrected chi connectivity index (χ4v) is 4.34. The van der Waals surface area contributed by atoms with E-state index in [1.165, 1.54) is 32.1 Å². The molecule has 5 heteroatoms. The van der Waals surface area contributed by atoms with Crippen molar-refractivity contribution in [1.82, 2.24) is 9.97 Å². The molecule has 1 saturated carbocycles. The summed E-state index contributed by atoms with van der Waals surface area (Å²) < 4.78 is 0.969. The maximum atomic E-state index is 11.3. The van der Waals surface area contributed by atoms with Gasteiger partial charge in [-0.25, -0.2) is 4.79 Å². The van der Waals surface area contributed by atoms with Crippen LogP contribution in [0.15, 0.2) is 21.4 Å². The van der Waals surface area contributed by atoms with Crippen LogP contribution >= 0.6 is 27.5 Å². The molecule has 0 spiro atoms. The molecule has 1 aliphatic carbocycles. The monoisotopic (exact) mass is 356 g/mol. The van der Waals surface area contributed by atoms with Crippen molar-refractivity contribution in [2.24, 2.45) is 5.92 Å². The van der Waals surface area contributed by atoms with Gasteiger partial charge in [0.2, 0.25) is 0 Å². The van der Waals surface area contributed by atoms with Crippen molar-refractivity contribution in [2.75, 3.05) is 0 Å². The highest BCUT2D eigenvalue weighted by Gasteiger charge is 2.20. The summed E-state index contributed by atoms with van der Waals surface area (Å²) in [6.07, 6.45) is 7.64. The molecule has 0 aliphatic heterocycles. The number of imidazole rings is 1. The van der Waals surface area contributed by atoms with Gasteiger partial charge in [-0.3, -0.25) is 0 Å². The molecule has 2 aromatic rings. The Bertz CT molecular complexity index is 657. The molecule has 0 bridgehead atoms. The molecule has 3 rings (SSSR count). The van der Waals surface area contributed by atoms with E-state index in [4.69, 9.17) is 11.6 Å². The number of fused-ring (bicyclic) bond motifs is 1. The molecule has 20 heavy (non-hydrogen) atoms. The first-order valence-corrected chi connectivity index (χ1v) is 8.42. The molecule has 2 N–H and O–H groups in total. The first-order chi connectivity index (χ1) is 9.63. The second kappa shape index (κ2) is 5.94. The average Bonchev–Trinajstić information content (AvgIpc) is 2.78. The highest BCUT2D eigenvalue weighted by Crippen LogP contribution is 2.38. The molecular formula is C15H18BrClN2O. The van der Waals surface area contributed by atoms with Crippen LogP contribution in [0.25, 0.3) is 11.0 Å². The Morgan fingerprint density at radius 1 is 1.20 bits per heavy atom. The Hall–Kier alpha value is -0.740. The van der Waals surface area contributed by atoms with E-state index in [0.29, 0.717) is 0 Å². The number of halogens is 2. The van der Waals surface area contributed by atoms with Crippen molar-refractivity contribution >= 4 is 38.6 Å². The summed E-state index contributed by atoms with van der Waals surface area (Å²) >= 11 is 10.2. The predicted octanol–water partition coefficient (Wildman–Crippen LogP) is 4.87. The maximum absolute atomic E-state index is 11.3. The normalized spacial score (nSPS) is 18.5. The maximum Gasteiger partial charge on any atom is 0.323 e. The van der Waals surface area contributed by atoms with Gasteiger partial charge in [-0.05, 0) is 30.0 Å². The predicted molar refractivity (Wildman–Crippen MR) is 86.4 cm³/mol. The highest BCUT2D eigenvalue weighted by atomic mass is 79.9. The largest absolute Gasteiger partial charge is 0.323 e. The number of alkyl halides is 1. The van der Waals surface area contributed by atoms with Gasteiger partial charge < -0.3 is 9.97 Å². The van der Waals surface area contributed by atoms with E-state index in [0.717, 1.165) is 33.4 Å². The molecule has 3 nitrogen and oxygen atoms in total. The minimum atomic E-state index is -0.178. The summed E-state index contributed by atoms with van der Waals surface area (Å²) in [5.74, 6) is 0.735. The Morgan fingerprint density at radius 2 is 1.85 bits per heavy atom. The second-order valence-electron chi connectivity index (χ2n) is 5.71. The number of aromatic nitrogens is 2. The molecule has 1 unspecified atom stereocenters. The Balaban J connectivity index is 1.84. The molecule has 0 radical (unpaired) electrons. The van der Waals surface area contributed by atoms with Gasteiger partial charge in [0, 0.05) is 4.47 Å². The zero-order valence-corrected chi connectivity index (χ0v) is 13.6. The molecule has 108 valence electrons. The van der Waals surface area contributed by atoms with E-state index >= 15 is 0 Å². The second-order valence-corrected chi connectivity index (χ2v) is 7.09. The fraction of sp³-hybridized carbons (Fsp3) is 0.533. The van der Waals surface area contributed by atoms with Gasteiger partial charge >= 0.3 is 5.69 Å². The minimum Gasteiger partial charge on any atom is -0.306 e. The fourth-order valence-electron chi connectivity index (χ4n) is 3.16. The number of aromatic amines is 2.